The van der Waals surface area contributed by atoms with E-state index in [2.05, 4.69) is 73.9 Å². The van der Waals surface area contributed by atoms with Crippen LogP contribution in [0.4, 0.5) is 5.69 Å². The van der Waals surface area contributed by atoms with Crippen molar-refractivity contribution in [1.82, 2.24) is 5.32 Å². The SMILES string of the molecule is CCc1cccc(CC)c1NC(=O)CNCc1ccc(C)cc1. The molecule has 0 atom stereocenters. The Morgan fingerprint density at radius 2 is 1.57 bits per heavy atom. The minimum absolute atomic E-state index is 0.00714. The van der Waals surface area contributed by atoms with Gasteiger partial charge in [-0.3, -0.25) is 4.79 Å². The second-order valence-corrected chi connectivity index (χ2v) is 5.80. The van der Waals surface area contributed by atoms with Crippen LogP contribution in [0, 0.1) is 6.92 Å². The van der Waals surface area contributed by atoms with Crippen molar-refractivity contribution >= 4 is 11.6 Å². The van der Waals surface area contributed by atoms with E-state index in [1.165, 1.54) is 22.3 Å². The number of hydrogen-bond donors (Lipinski definition) is 2. The second-order valence-electron chi connectivity index (χ2n) is 5.80. The first-order valence-corrected chi connectivity index (χ1v) is 8.31. The van der Waals surface area contributed by atoms with Gasteiger partial charge in [0, 0.05) is 12.2 Å². The van der Waals surface area contributed by atoms with Crippen LogP contribution in [-0.2, 0) is 24.2 Å². The number of amides is 1. The summed E-state index contributed by atoms with van der Waals surface area (Å²) in [6, 6.07) is 14.6. The van der Waals surface area contributed by atoms with Gasteiger partial charge in [-0.1, -0.05) is 61.9 Å². The number of nitrogens with one attached hydrogen (secondary N) is 2. The normalized spacial score (nSPS) is 10.6. The molecule has 3 nitrogen and oxygen atoms in total. The summed E-state index contributed by atoms with van der Waals surface area (Å²) < 4.78 is 0. The number of carbonyl (C=O) groups is 1. The molecule has 0 fully saturated rings. The first-order valence-electron chi connectivity index (χ1n) is 8.31. The maximum Gasteiger partial charge on any atom is 0.238 e. The fourth-order valence-electron chi connectivity index (χ4n) is 2.61. The summed E-state index contributed by atoms with van der Waals surface area (Å²) in [6.07, 6.45) is 1.83. The van der Waals surface area contributed by atoms with Crippen LogP contribution in [-0.4, -0.2) is 12.5 Å². The van der Waals surface area contributed by atoms with E-state index in [4.69, 9.17) is 0 Å². The van der Waals surface area contributed by atoms with Crippen molar-refractivity contribution in [3.63, 3.8) is 0 Å². The van der Waals surface area contributed by atoms with Gasteiger partial charge in [-0.15, -0.1) is 0 Å². The molecule has 23 heavy (non-hydrogen) atoms. The van der Waals surface area contributed by atoms with E-state index in [-0.39, 0.29) is 5.91 Å². The fourth-order valence-corrected chi connectivity index (χ4v) is 2.61. The molecule has 2 aromatic carbocycles. The summed E-state index contributed by atoms with van der Waals surface area (Å²) >= 11 is 0. The highest BCUT2D eigenvalue weighted by atomic mass is 16.1. The van der Waals surface area contributed by atoms with Gasteiger partial charge in [-0.2, -0.15) is 0 Å². The van der Waals surface area contributed by atoms with Crippen molar-refractivity contribution in [2.24, 2.45) is 0 Å². The quantitative estimate of drug-likeness (QED) is 0.815. The van der Waals surface area contributed by atoms with Gasteiger partial charge in [-0.05, 0) is 36.5 Å². The zero-order valence-corrected chi connectivity index (χ0v) is 14.3. The minimum atomic E-state index is 0.00714. The second kappa shape index (κ2) is 8.49. The third-order valence-corrected chi connectivity index (χ3v) is 4.00. The van der Waals surface area contributed by atoms with Crippen molar-refractivity contribution in [2.45, 2.75) is 40.2 Å². The highest BCUT2D eigenvalue weighted by Crippen LogP contribution is 2.22. The third kappa shape index (κ3) is 4.93. The molecule has 0 saturated carbocycles. The molecular formula is C20H26N2O. The largest absolute Gasteiger partial charge is 0.324 e. The van der Waals surface area contributed by atoms with E-state index in [1.807, 2.05) is 0 Å². The van der Waals surface area contributed by atoms with Gasteiger partial charge in [0.1, 0.15) is 0 Å². The van der Waals surface area contributed by atoms with Crippen molar-refractivity contribution in [3.05, 3.63) is 64.7 Å². The molecule has 0 aliphatic carbocycles. The summed E-state index contributed by atoms with van der Waals surface area (Å²) in [4.78, 5) is 12.2. The van der Waals surface area contributed by atoms with Crippen LogP contribution in [0.5, 0.6) is 0 Å². The molecule has 3 heteroatoms. The molecule has 0 aliphatic heterocycles. The Morgan fingerprint density at radius 1 is 0.957 bits per heavy atom. The molecule has 0 spiro atoms. The molecular weight excluding hydrogens is 284 g/mol. The lowest BCUT2D eigenvalue weighted by molar-refractivity contribution is -0.115. The van der Waals surface area contributed by atoms with Crippen LogP contribution < -0.4 is 10.6 Å². The summed E-state index contributed by atoms with van der Waals surface area (Å²) in [6.45, 7) is 7.31. The molecule has 0 radical (unpaired) electrons. The van der Waals surface area contributed by atoms with Crippen molar-refractivity contribution in [3.8, 4) is 0 Å². The van der Waals surface area contributed by atoms with E-state index in [0.29, 0.717) is 13.1 Å². The van der Waals surface area contributed by atoms with Gasteiger partial charge in [0.15, 0.2) is 0 Å². The van der Waals surface area contributed by atoms with Crippen LogP contribution in [0.15, 0.2) is 42.5 Å². The standard InChI is InChI=1S/C20H26N2O/c1-4-17-7-6-8-18(5-2)20(17)22-19(23)14-21-13-16-11-9-15(3)10-12-16/h6-12,21H,4-5,13-14H2,1-3H3,(H,22,23). The lowest BCUT2D eigenvalue weighted by Crippen LogP contribution is -2.28. The lowest BCUT2D eigenvalue weighted by Gasteiger charge is -2.14. The Bertz CT molecular complexity index is 625. The topological polar surface area (TPSA) is 41.1 Å². The Morgan fingerprint density at radius 3 is 2.13 bits per heavy atom. The Labute approximate surface area is 139 Å². The van der Waals surface area contributed by atoms with Crippen LogP contribution in [0.25, 0.3) is 0 Å². The average Bonchev–Trinajstić information content (AvgIpc) is 2.57. The summed E-state index contributed by atoms with van der Waals surface area (Å²) in [5.74, 6) is 0.00714. The molecule has 0 aromatic heterocycles. The lowest BCUT2D eigenvalue weighted by atomic mass is 10.0. The number of carbonyl (C=O) groups excluding carboxylic acids is 1. The molecule has 1 amide bonds. The summed E-state index contributed by atoms with van der Waals surface area (Å²) in [7, 11) is 0. The van der Waals surface area contributed by atoms with Crippen molar-refractivity contribution in [1.29, 1.82) is 0 Å². The highest BCUT2D eigenvalue weighted by Gasteiger charge is 2.09. The van der Waals surface area contributed by atoms with E-state index in [1.54, 1.807) is 0 Å². The molecule has 0 bridgehead atoms. The molecule has 122 valence electrons. The van der Waals surface area contributed by atoms with Crippen molar-refractivity contribution in [2.75, 3.05) is 11.9 Å². The first kappa shape index (κ1) is 17.2. The maximum absolute atomic E-state index is 12.2. The minimum Gasteiger partial charge on any atom is -0.324 e. The van der Waals surface area contributed by atoms with E-state index >= 15 is 0 Å². The average molecular weight is 310 g/mol. The summed E-state index contributed by atoms with van der Waals surface area (Å²) in [5, 5.41) is 6.28. The van der Waals surface area contributed by atoms with Gasteiger partial charge in [0.2, 0.25) is 5.91 Å². The Kier molecular flexibility index (Phi) is 6.36. The maximum atomic E-state index is 12.2. The molecule has 0 heterocycles. The Hall–Kier alpha value is -2.13. The highest BCUT2D eigenvalue weighted by molar-refractivity contribution is 5.93. The Balaban J connectivity index is 1.91. The zero-order chi connectivity index (χ0) is 16.7. The smallest absolute Gasteiger partial charge is 0.238 e. The monoisotopic (exact) mass is 310 g/mol. The molecule has 0 saturated heterocycles. The van der Waals surface area contributed by atoms with Gasteiger partial charge >= 0.3 is 0 Å². The van der Waals surface area contributed by atoms with Crippen LogP contribution in [0.3, 0.4) is 0 Å². The predicted octanol–water partition coefficient (Wildman–Crippen LogP) is 3.85. The molecule has 2 rings (SSSR count). The molecule has 2 aromatic rings. The predicted molar refractivity (Wildman–Crippen MR) is 96.7 cm³/mol. The van der Waals surface area contributed by atoms with E-state index < -0.39 is 0 Å². The van der Waals surface area contributed by atoms with Gasteiger partial charge in [0.25, 0.3) is 0 Å². The van der Waals surface area contributed by atoms with Crippen molar-refractivity contribution < 1.29 is 4.79 Å². The van der Waals surface area contributed by atoms with E-state index in [9.17, 15) is 4.79 Å². The zero-order valence-electron chi connectivity index (χ0n) is 14.3. The number of rotatable bonds is 7. The number of benzene rings is 2. The van der Waals surface area contributed by atoms with Crippen LogP contribution in [0.1, 0.15) is 36.1 Å². The number of hydrogen-bond acceptors (Lipinski definition) is 2. The van der Waals surface area contributed by atoms with Gasteiger partial charge in [-0.25, -0.2) is 0 Å². The van der Waals surface area contributed by atoms with Gasteiger partial charge in [0.05, 0.1) is 6.54 Å². The van der Waals surface area contributed by atoms with E-state index in [0.717, 1.165) is 18.5 Å². The number of aryl methyl sites for hydroxylation is 3. The fraction of sp³-hybridized carbons (Fsp3) is 0.350. The van der Waals surface area contributed by atoms with Gasteiger partial charge < -0.3 is 10.6 Å². The first-order chi connectivity index (χ1) is 11.1. The number of anilines is 1. The molecule has 2 N–H and O–H groups in total. The molecule has 0 unspecified atom stereocenters. The summed E-state index contributed by atoms with van der Waals surface area (Å²) in [5.41, 5.74) is 5.80. The number of para-hydroxylation sites is 1. The van der Waals surface area contributed by atoms with Crippen LogP contribution >= 0.6 is 0 Å². The molecule has 0 aliphatic rings. The van der Waals surface area contributed by atoms with Crippen LogP contribution in [0.2, 0.25) is 0 Å². The third-order valence-electron chi connectivity index (χ3n) is 4.00.